The summed E-state index contributed by atoms with van der Waals surface area (Å²) in [6.45, 7) is 0.450. The normalized spacial score (nSPS) is 10.6. The zero-order chi connectivity index (χ0) is 14.5. The Balaban J connectivity index is 2.27. The van der Waals surface area contributed by atoms with Crippen LogP contribution in [-0.2, 0) is 17.8 Å². The highest BCUT2D eigenvalue weighted by molar-refractivity contribution is 6.42. The highest BCUT2D eigenvalue weighted by atomic mass is 35.5. The highest BCUT2D eigenvalue weighted by Crippen LogP contribution is 2.23. The number of halogens is 2. The second-order valence-electron chi connectivity index (χ2n) is 4.27. The summed E-state index contributed by atoms with van der Waals surface area (Å²) in [5, 5.41) is 4.09. The minimum atomic E-state index is 0.450. The molecule has 20 heavy (non-hydrogen) atoms. The number of hydrogen-bond donors (Lipinski definition) is 1. The van der Waals surface area contributed by atoms with Gasteiger partial charge >= 0.3 is 0 Å². The molecule has 0 fully saturated rings. The van der Waals surface area contributed by atoms with E-state index in [9.17, 15) is 0 Å². The summed E-state index contributed by atoms with van der Waals surface area (Å²) in [4.78, 5) is 8.89. The summed E-state index contributed by atoms with van der Waals surface area (Å²) in [6, 6.07) is 7.38. The molecule has 1 aromatic heterocycles. The van der Waals surface area contributed by atoms with Crippen molar-refractivity contribution in [2.45, 2.75) is 13.0 Å². The molecule has 0 aliphatic rings. The van der Waals surface area contributed by atoms with Crippen molar-refractivity contribution in [3.63, 3.8) is 0 Å². The number of anilines is 1. The van der Waals surface area contributed by atoms with Crippen LogP contribution in [0.25, 0.3) is 0 Å². The van der Waals surface area contributed by atoms with Gasteiger partial charge < -0.3 is 10.1 Å². The second-order valence-corrected chi connectivity index (χ2v) is 5.08. The molecule has 1 N–H and O–H groups in total. The zero-order valence-electron chi connectivity index (χ0n) is 11.3. The molecule has 0 unspecified atom stereocenters. The van der Waals surface area contributed by atoms with Gasteiger partial charge in [0.1, 0.15) is 11.6 Å². The molecule has 2 aromatic rings. The summed E-state index contributed by atoms with van der Waals surface area (Å²) < 4.78 is 5.11. The van der Waals surface area contributed by atoms with Crippen LogP contribution in [0.5, 0.6) is 0 Å². The molecule has 0 radical (unpaired) electrons. The highest BCUT2D eigenvalue weighted by Gasteiger charge is 2.07. The smallest absolute Gasteiger partial charge is 0.135 e. The van der Waals surface area contributed by atoms with E-state index in [0.29, 0.717) is 28.9 Å². The summed E-state index contributed by atoms with van der Waals surface area (Å²) in [6.07, 6.45) is 0.586. The van der Waals surface area contributed by atoms with Crippen molar-refractivity contribution in [3.8, 4) is 0 Å². The van der Waals surface area contributed by atoms with Gasteiger partial charge in [0.2, 0.25) is 0 Å². The molecule has 4 nitrogen and oxygen atoms in total. The number of methoxy groups -OCH3 is 1. The van der Waals surface area contributed by atoms with Crippen molar-refractivity contribution in [1.29, 1.82) is 0 Å². The topological polar surface area (TPSA) is 47.0 Å². The first-order valence-electron chi connectivity index (χ1n) is 6.10. The Hall–Kier alpha value is -1.36. The maximum atomic E-state index is 6.01. The largest absolute Gasteiger partial charge is 0.378 e. The predicted octanol–water partition coefficient (Wildman–Crippen LogP) is 3.56. The molecule has 1 heterocycles. The molecule has 6 heteroatoms. The molecular weight excluding hydrogens is 297 g/mol. The summed E-state index contributed by atoms with van der Waals surface area (Å²) in [7, 11) is 3.46. The van der Waals surface area contributed by atoms with E-state index in [4.69, 9.17) is 27.9 Å². The van der Waals surface area contributed by atoms with Gasteiger partial charge in [-0.1, -0.05) is 29.3 Å². The third kappa shape index (κ3) is 3.82. The quantitative estimate of drug-likeness (QED) is 0.917. The summed E-state index contributed by atoms with van der Waals surface area (Å²) in [5.74, 6) is 1.48. The predicted molar refractivity (Wildman–Crippen MR) is 81.6 cm³/mol. The maximum absolute atomic E-state index is 6.01. The minimum absolute atomic E-state index is 0.450. The SMILES string of the molecule is CNc1cc(COC)nc(Cc2ccc(Cl)c(Cl)c2)n1. The summed E-state index contributed by atoms with van der Waals surface area (Å²) >= 11 is 11.9. The van der Waals surface area contributed by atoms with E-state index in [1.165, 1.54) is 0 Å². The van der Waals surface area contributed by atoms with Crippen LogP contribution in [0.2, 0.25) is 10.0 Å². The lowest BCUT2D eigenvalue weighted by molar-refractivity contribution is 0.181. The van der Waals surface area contributed by atoms with Gasteiger partial charge in [0.05, 0.1) is 22.3 Å². The van der Waals surface area contributed by atoms with Crippen molar-refractivity contribution in [1.82, 2.24) is 9.97 Å². The van der Waals surface area contributed by atoms with Crippen LogP contribution in [0.3, 0.4) is 0 Å². The van der Waals surface area contributed by atoms with E-state index in [1.54, 1.807) is 13.2 Å². The number of nitrogens with zero attached hydrogens (tertiary/aromatic N) is 2. The average Bonchev–Trinajstić information content (AvgIpc) is 2.43. The van der Waals surface area contributed by atoms with Crippen LogP contribution in [0.1, 0.15) is 17.1 Å². The van der Waals surface area contributed by atoms with Gasteiger partial charge in [-0.3, -0.25) is 0 Å². The van der Waals surface area contributed by atoms with Crippen molar-refractivity contribution in [3.05, 3.63) is 51.4 Å². The van der Waals surface area contributed by atoms with E-state index in [0.717, 1.165) is 17.1 Å². The number of benzene rings is 1. The Kier molecular flexibility index (Phi) is 5.17. The number of ether oxygens (including phenoxy) is 1. The van der Waals surface area contributed by atoms with Crippen LogP contribution in [0, 0.1) is 0 Å². The second kappa shape index (κ2) is 6.88. The molecule has 0 aliphatic carbocycles. The lowest BCUT2D eigenvalue weighted by Gasteiger charge is -2.08. The number of rotatable bonds is 5. The van der Waals surface area contributed by atoms with Gasteiger partial charge in [-0.2, -0.15) is 0 Å². The van der Waals surface area contributed by atoms with Gasteiger partial charge in [-0.25, -0.2) is 9.97 Å². The molecule has 2 rings (SSSR count). The monoisotopic (exact) mass is 311 g/mol. The third-order valence-corrected chi connectivity index (χ3v) is 3.46. The molecule has 0 saturated carbocycles. The van der Waals surface area contributed by atoms with E-state index < -0.39 is 0 Å². The van der Waals surface area contributed by atoms with Crippen molar-refractivity contribution >= 4 is 29.0 Å². The molecule has 106 valence electrons. The first kappa shape index (κ1) is 15.0. The van der Waals surface area contributed by atoms with E-state index >= 15 is 0 Å². The van der Waals surface area contributed by atoms with Crippen molar-refractivity contribution in [2.24, 2.45) is 0 Å². The van der Waals surface area contributed by atoms with Gasteiger partial charge in [0.25, 0.3) is 0 Å². The van der Waals surface area contributed by atoms with Gasteiger partial charge in [-0.15, -0.1) is 0 Å². The third-order valence-electron chi connectivity index (χ3n) is 2.72. The summed E-state index contributed by atoms with van der Waals surface area (Å²) in [5.41, 5.74) is 1.85. The Morgan fingerprint density at radius 3 is 2.60 bits per heavy atom. The fourth-order valence-electron chi connectivity index (χ4n) is 1.81. The van der Waals surface area contributed by atoms with Gasteiger partial charge in [0, 0.05) is 26.6 Å². The Labute approximate surface area is 128 Å². The molecular formula is C14H15Cl2N3O. The van der Waals surface area contributed by atoms with E-state index in [1.807, 2.05) is 25.2 Å². The molecule has 1 aromatic carbocycles. The van der Waals surface area contributed by atoms with Crippen LogP contribution in [0.4, 0.5) is 5.82 Å². The number of nitrogens with one attached hydrogen (secondary N) is 1. The van der Waals surface area contributed by atoms with Crippen molar-refractivity contribution in [2.75, 3.05) is 19.5 Å². The van der Waals surface area contributed by atoms with E-state index in [-0.39, 0.29) is 0 Å². The first-order chi connectivity index (χ1) is 9.62. The minimum Gasteiger partial charge on any atom is -0.378 e. The average molecular weight is 312 g/mol. The Morgan fingerprint density at radius 2 is 1.95 bits per heavy atom. The molecule has 0 saturated heterocycles. The maximum Gasteiger partial charge on any atom is 0.135 e. The fraction of sp³-hybridized carbons (Fsp3) is 0.286. The van der Waals surface area contributed by atoms with Gasteiger partial charge in [-0.05, 0) is 17.7 Å². The number of aromatic nitrogens is 2. The van der Waals surface area contributed by atoms with Crippen molar-refractivity contribution < 1.29 is 4.74 Å². The first-order valence-corrected chi connectivity index (χ1v) is 6.85. The van der Waals surface area contributed by atoms with Crippen LogP contribution >= 0.6 is 23.2 Å². The standard InChI is InChI=1S/C14H15Cl2N3O/c1-17-13-7-10(8-20-2)18-14(19-13)6-9-3-4-11(15)12(16)5-9/h3-5,7H,6,8H2,1-2H3,(H,17,18,19). The Morgan fingerprint density at radius 1 is 1.15 bits per heavy atom. The fourth-order valence-corrected chi connectivity index (χ4v) is 2.13. The molecule has 0 amide bonds. The van der Waals surface area contributed by atoms with E-state index in [2.05, 4.69) is 15.3 Å². The molecule has 0 bridgehead atoms. The zero-order valence-corrected chi connectivity index (χ0v) is 12.8. The van der Waals surface area contributed by atoms with Crippen LogP contribution < -0.4 is 5.32 Å². The lowest BCUT2D eigenvalue weighted by atomic mass is 10.1. The lowest BCUT2D eigenvalue weighted by Crippen LogP contribution is -2.05. The molecule has 0 aliphatic heterocycles. The molecule has 0 atom stereocenters. The number of hydrogen-bond acceptors (Lipinski definition) is 4. The van der Waals surface area contributed by atoms with Crippen LogP contribution in [0.15, 0.2) is 24.3 Å². The van der Waals surface area contributed by atoms with Gasteiger partial charge in [0.15, 0.2) is 0 Å². The molecule has 0 spiro atoms. The Bertz CT molecular complexity index is 605. The van der Waals surface area contributed by atoms with Crippen LogP contribution in [-0.4, -0.2) is 24.1 Å².